The highest BCUT2D eigenvalue weighted by Gasteiger charge is 2.35. The first-order valence-corrected chi connectivity index (χ1v) is 7.41. The highest BCUT2D eigenvalue weighted by Crippen LogP contribution is 2.40. The van der Waals surface area contributed by atoms with E-state index in [1.807, 2.05) is 0 Å². The molecule has 0 saturated heterocycles. The maximum absolute atomic E-state index is 12.9. The number of halogens is 5. The standard InChI is InChI=1S/C12H5Cl2F3N4S/c13-7-4-5-10(20-7)21-9(14)11(19-5)22-6-2-1-3-18-8(6)12(15,16)17/h1-3H,4H2. The van der Waals surface area contributed by atoms with Crippen molar-refractivity contribution >= 4 is 46.0 Å². The van der Waals surface area contributed by atoms with Gasteiger partial charge in [0.25, 0.3) is 0 Å². The molecule has 0 aliphatic carbocycles. The predicted octanol–water partition coefficient (Wildman–Crippen LogP) is 4.52. The number of aromatic nitrogens is 3. The average molecular weight is 365 g/mol. The molecule has 4 nitrogen and oxygen atoms in total. The van der Waals surface area contributed by atoms with Crippen LogP contribution in [0, 0.1) is 0 Å². The predicted molar refractivity (Wildman–Crippen MR) is 77.1 cm³/mol. The number of fused-ring (bicyclic) bond motifs is 1. The Morgan fingerprint density at radius 2 is 1.95 bits per heavy atom. The van der Waals surface area contributed by atoms with Gasteiger partial charge in [-0.25, -0.2) is 15.0 Å². The molecular weight excluding hydrogens is 360 g/mol. The Morgan fingerprint density at radius 1 is 1.18 bits per heavy atom. The number of pyridine rings is 1. The average Bonchev–Trinajstić information content (AvgIpc) is 2.78. The molecule has 1 aliphatic rings. The van der Waals surface area contributed by atoms with Gasteiger partial charge in [0.05, 0.1) is 5.69 Å². The lowest BCUT2D eigenvalue weighted by molar-refractivity contribution is -0.143. The van der Waals surface area contributed by atoms with Crippen LogP contribution in [0.15, 0.2) is 33.2 Å². The lowest BCUT2D eigenvalue weighted by atomic mass is 10.3. The molecule has 0 amide bonds. The summed E-state index contributed by atoms with van der Waals surface area (Å²) in [6.07, 6.45) is -3.20. The van der Waals surface area contributed by atoms with Gasteiger partial charge in [0, 0.05) is 17.5 Å². The Labute approximate surface area is 136 Å². The maximum atomic E-state index is 12.9. The molecule has 0 N–H and O–H groups in total. The SMILES string of the molecule is FC(F)(F)c1ncccc1Sc1nc2c(nc1Cl)N=C(Cl)C2. The van der Waals surface area contributed by atoms with E-state index in [1.165, 1.54) is 12.1 Å². The van der Waals surface area contributed by atoms with Gasteiger partial charge in [-0.2, -0.15) is 13.2 Å². The molecule has 0 spiro atoms. The summed E-state index contributed by atoms with van der Waals surface area (Å²) in [5, 5.41) is 0.432. The highest BCUT2D eigenvalue weighted by atomic mass is 35.5. The number of aliphatic imine (C=N–C) groups is 1. The fraction of sp³-hybridized carbons (Fsp3) is 0.167. The number of hydrogen-bond donors (Lipinski definition) is 0. The van der Waals surface area contributed by atoms with E-state index in [1.54, 1.807) is 0 Å². The zero-order chi connectivity index (χ0) is 15.9. The van der Waals surface area contributed by atoms with Crippen molar-refractivity contribution in [3.63, 3.8) is 0 Å². The second-order valence-electron chi connectivity index (χ2n) is 4.20. The maximum Gasteiger partial charge on any atom is 0.434 e. The van der Waals surface area contributed by atoms with E-state index in [0.717, 1.165) is 18.0 Å². The molecule has 0 saturated carbocycles. The quantitative estimate of drug-likeness (QED) is 0.785. The molecule has 114 valence electrons. The largest absolute Gasteiger partial charge is 0.434 e. The van der Waals surface area contributed by atoms with Crippen molar-refractivity contribution in [2.45, 2.75) is 22.5 Å². The highest BCUT2D eigenvalue weighted by molar-refractivity contribution is 7.99. The molecule has 0 atom stereocenters. The first kappa shape index (κ1) is 15.5. The summed E-state index contributed by atoms with van der Waals surface area (Å²) < 4.78 is 38.8. The van der Waals surface area contributed by atoms with Gasteiger partial charge in [-0.1, -0.05) is 35.0 Å². The number of rotatable bonds is 2. The van der Waals surface area contributed by atoms with Gasteiger partial charge in [0.2, 0.25) is 0 Å². The van der Waals surface area contributed by atoms with E-state index in [4.69, 9.17) is 23.2 Å². The Hall–Kier alpha value is -1.38. The van der Waals surface area contributed by atoms with Crippen LogP contribution in [0.5, 0.6) is 0 Å². The number of nitrogens with zero attached hydrogens (tertiary/aromatic N) is 4. The van der Waals surface area contributed by atoms with Gasteiger partial charge in [-0.3, -0.25) is 4.98 Å². The van der Waals surface area contributed by atoms with Crippen molar-refractivity contribution < 1.29 is 13.2 Å². The smallest absolute Gasteiger partial charge is 0.251 e. The van der Waals surface area contributed by atoms with Gasteiger partial charge in [-0.15, -0.1) is 0 Å². The summed E-state index contributed by atoms with van der Waals surface area (Å²) >= 11 is 12.5. The van der Waals surface area contributed by atoms with Crippen LogP contribution >= 0.6 is 35.0 Å². The summed E-state index contributed by atoms with van der Waals surface area (Å²) in [6, 6.07) is 2.71. The molecule has 0 fully saturated rings. The zero-order valence-electron chi connectivity index (χ0n) is 10.5. The summed E-state index contributed by atoms with van der Waals surface area (Å²) in [5.41, 5.74) is -0.512. The minimum absolute atomic E-state index is 0.0316. The van der Waals surface area contributed by atoms with Crippen LogP contribution in [0.2, 0.25) is 5.15 Å². The van der Waals surface area contributed by atoms with E-state index in [0.29, 0.717) is 16.7 Å². The molecule has 3 rings (SSSR count). The van der Waals surface area contributed by atoms with E-state index in [-0.39, 0.29) is 21.5 Å². The van der Waals surface area contributed by atoms with E-state index in [9.17, 15) is 13.2 Å². The van der Waals surface area contributed by atoms with Gasteiger partial charge >= 0.3 is 6.18 Å². The number of alkyl halides is 3. The fourth-order valence-electron chi connectivity index (χ4n) is 1.78. The first-order valence-electron chi connectivity index (χ1n) is 5.84. The zero-order valence-corrected chi connectivity index (χ0v) is 12.9. The Morgan fingerprint density at radius 3 is 2.68 bits per heavy atom. The topological polar surface area (TPSA) is 51.0 Å². The van der Waals surface area contributed by atoms with Gasteiger partial charge < -0.3 is 0 Å². The van der Waals surface area contributed by atoms with Crippen molar-refractivity contribution in [3.8, 4) is 0 Å². The van der Waals surface area contributed by atoms with Crippen LogP contribution in [-0.2, 0) is 12.6 Å². The van der Waals surface area contributed by atoms with Crippen molar-refractivity contribution in [2.24, 2.45) is 4.99 Å². The van der Waals surface area contributed by atoms with Gasteiger partial charge in [0.15, 0.2) is 16.7 Å². The molecule has 22 heavy (non-hydrogen) atoms. The molecule has 0 unspecified atom stereocenters. The van der Waals surface area contributed by atoms with Crippen LogP contribution in [-0.4, -0.2) is 20.1 Å². The van der Waals surface area contributed by atoms with Gasteiger partial charge in [-0.05, 0) is 12.1 Å². The molecule has 10 heteroatoms. The van der Waals surface area contributed by atoms with Crippen molar-refractivity contribution in [1.29, 1.82) is 0 Å². The third kappa shape index (κ3) is 3.04. The summed E-state index contributed by atoms with van der Waals surface area (Å²) in [5.74, 6) is 0.293. The number of hydrogen-bond acceptors (Lipinski definition) is 5. The molecule has 0 bridgehead atoms. The van der Waals surface area contributed by atoms with Crippen molar-refractivity contribution in [1.82, 2.24) is 15.0 Å². The van der Waals surface area contributed by atoms with Crippen LogP contribution in [0.4, 0.5) is 19.0 Å². The van der Waals surface area contributed by atoms with Gasteiger partial charge in [0.1, 0.15) is 10.2 Å². The molecular formula is C12H5Cl2F3N4S. The summed E-state index contributed by atoms with van der Waals surface area (Å²) in [6.45, 7) is 0. The molecule has 2 aromatic heterocycles. The Kier molecular flexibility index (Phi) is 4.00. The lowest BCUT2D eigenvalue weighted by Crippen LogP contribution is -2.09. The van der Waals surface area contributed by atoms with E-state index in [2.05, 4.69) is 19.9 Å². The molecule has 0 aromatic carbocycles. The Bertz CT molecular complexity index is 779. The van der Waals surface area contributed by atoms with E-state index < -0.39 is 11.9 Å². The van der Waals surface area contributed by atoms with Crippen LogP contribution in [0.3, 0.4) is 0 Å². The molecule has 0 radical (unpaired) electrons. The van der Waals surface area contributed by atoms with E-state index >= 15 is 0 Å². The fourth-order valence-corrected chi connectivity index (χ4v) is 3.13. The van der Waals surface area contributed by atoms with Crippen LogP contribution < -0.4 is 0 Å². The monoisotopic (exact) mass is 364 g/mol. The minimum atomic E-state index is -4.56. The van der Waals surface area contributed by atoms with Crippen LogP contribution in [0.25, 0.3) is 0 Å². The Balaban J connectivity index is 1.98. The second-order valence-corrected chi connectivity index (χ2v) is 6.03. The first-order chi connectivity index (χ1) is 10.3. The second kappa shape index (κ2) is 5.68. The lowest BCUT2D eigenvalue weighted by Gasteiger charge is -2.11. The molecule has 2 aromatic rings. The van der Waals surface area contributed by atoms with Crippen LogP contribution in [0.1, 0.15) is 11.4 Å². The minimum Gasteiger partial charge on any atom is -0.251 e. The normalized spacial score (nSPS) is 14.0. The third-order valence-electron chi connectivity index (χ3n) is 2.66. The summed E-state index contributed by atoms with van der Waals surface area (Å²) in [4.78, 5) is 15.4. The third-order valence-corrected chi connectivity index (χ3v) is 4.28. The summed E-state index contributed by atoms with van der Waals surface area (Å²) in [7, 11) is 0. The van der Waals surface area contributed by atoms with Crippen molar-refractivity contribution in [3.05, 3.63) is 34.9 Å². The molecule has 3 heterocycles. The molecule has 1 aliphatic heterocycles. The van der Waals surface area contributed by atoms with Crippen molar-refractivity contribution in [2.75, 3.05) is 0 Å².